The van der Waals surface area contributed by atoms with E-state index in [2.05, 4.69) is 37.4 Å². The molecule has 0 fully saturated rings. The zero-order valence-corrected chi connectivity index (χ0v) is 13.8. The smallest absolute Gasteiger partial charge is 0.123 e. The van der Waals surface area contributed by atoms with Gasteiger partial charge in [-0.1, -0.05) is 29.8 Å². The first kappa shape index (κ1) is 15.9. The van der Waals surface area contributed by atoms with Gasteiger partial charge in [0.15, 0.2) is 0 Å². The quantitative estimate of drug-likeness (QED) is 0.880. The number of methoxy groups -OCH3 is 1. The standard InChI is InChI=1S/C18H22ClNO/c1-12-5-6-14(9-13(12)2)10-17(20-3)16-11-15(19)7-8-18(16)21-4/h5-9,11,17,20H,10H2,1-4H3. The van der Waals surface area contributed by atoms with Crippen molar-refractivity contribution in [3.63, 3.8) is 0 Å². The van der Waals surface area contributed by atoms with E-state index in [1.54, 1.807) is 7.11 Å². The van der Waals surface area contributed by atoms with Gasteiger partial charge in [-0.15, -0.1) is 0 Å². The maximum absolute atomic E-state index is 6.14. The van der Waals surface area contributed by atoms with E-state index in [9.17, 15) is 0 Å². The fraction of sp³-hybridized carbons (Fsp3) is 0.333. The van der Waals surface area contributed by atoms with E-state index >= 15 is 0 Å². The topological polar surface area (TPSA) is 21.3 Å². The molecule has 1 atom stereocenters. The minimum atomic E-state index is 0.167. The van der Waals surface area contributed by atoms with Crippen molar-refractivity contribution < 1.29 is 4.74 Å². The molecule has 21 heavy (non-hydrogen) atoms. The monoisotopic (exact) mass is 303 g/mol. The molecule has 0 heterocycles. The number of aryl methyl sites for hydroxylation is 2. The number of ether oxygens (including phenoxy) is 1. The number of rotatable bonds is 5. The van der Waals surface area contributed by atoms with E-state index in [4.69, 9.17) is 16.3 Å². The molecule has 0 aliphatic carbocycles. The molecule has 3 heteroatoms. The first-order valence-electron chi connectivity index (χ1n) is 7.12. The Kier molecular flexibility index (Phi) is 5.27. The molecule has 0 bridgehead atoms. The van der Waals surface area contributed by atoms with Crippen molar-refractivity contribution >= 4 is 11.6 Å². The summed E-state index contributed by atoms with van der Waals surface area (Å²) in [5, 5.41) is 4.09. The van der Waals surface area contributed by atoms with Crippen LogP contribution in [0.15, 0.2) is 36.4 Å². The van der Waals surface area contributed by atoms with E-state index < -0.39 is 0 Å². The van der Waals surface area contributed by atoms with E-state index in [1.165, 1.54) is 16.7 Å². The molecule has 2 aromatic rings. The van der Waals surface area contributed by atoms with Gasteiger partial charge in [0.2, 0.25) is 0 Å². The lowest BCUT2D eigenvalue weighted by molar-refractivity contribution is 0.401. The molecule has 1 N–H and O–H groups in total. The van der Waals surface area contributed by atoms with E-state index in [1.807, 2.05) is 25.2 Å². The van der Waals surface area contributed by atoms with Gasteiger partial charge in [-0.05, 0) is 62.2 Å². The van der Waals surface area contributed by atoms with Crippen LogP contribution in [0, 0.1) is 13.8 Å². The molecule has 0 aromatic heterocycles. The number of hydrogen-bond donors (Lipinski definition) is 1. The van der Waals surface area contributed by atoms with Crippen LogP contribution in [-0.2, 0) is 6.42 Å². The first-order valence-corrected chi connectivity index (χ1v) is 7.49. The van der Waals surface area contributed by atoms with Gasteiger partial charge in [0.05, 0.1) is 7.11 Å². The summed E-state index contributed by atoms with van der Waals surface area (Å²) in [6.07, 6.45) is 0.897. The second kappa shape index (κ2) is 6.97. The van der Waals surface area contributed by atoms with Crippen molar-refractivity contribution in [2.45, 2.75) is 26.3 Å². The summed E-state index contributed by atoms with van der Waals surface area (Å²) >= 11 is 6.14. The Morgan fingerprint density at radius 2 is 1.86 bits per heavy atom. The van der Waals surface area contributed by atoms with Gasteiger partial charge in [-0.25, -0.2) is 0 Å². The minimum Gasteiger partial charge on any atom is -0.496 e. The average molecular weight is 304 g/mol. The van der Waals surface area contributed by atoms with Gasteiger partial charge in [-0.3, -0.25) is 0 Å². The fourth-order valence-corrected chi connectivity index (χ4v) is 2.69. The van der Waals surface area contributed by atoms with Crippen LogP contribution in [0.2, 0.25) is 5.02 Å². The number of likely N-dealkylation sites (N-methyl/N-ethyl adjacent to an activating group) is 1. The second-order valence-electron chi connectivity index (χ2n) is 5.35. The molecule has 2 aromatic carbocycles. The predicted molar refractivity (Wildman–Crippen MR) is 89.4 cm³/mol. The molecule has 2 rings (SSSR count). The highest BCUT2D eigenvalue weighted by molar-refractivity contribution is 6.30. The molecular weight excluding hydrogens is 282 g/mol. The van der Waals surface area contributed by atoms with Crippen LogP contribution in [0.5, 0.6) is 5.75 Å². The van der Waals surface area contributed by atoms with Crippen molar-refractivity contribution in [2.24, 2.45) is 0 Å². The summed E-state index contributed by atoms with van der Waals surface area (Å²) < 4.78 is 5.47. The lowest BCUT2D eigenvalue weighted by Crippen LogP contribution is -2.19. The summed E-state index contributed by atoms with van der Waals surface area (Å²) in [5.74, 6) is 0.864. The number of halogens is 1. The van der Waals surface area contributed by atoms with Crippen molar-refractivity contribution in [3.8, 4) is 5.75 Å². The molecule has 0 radical (unpaired) electrons. The molecule has 112 valence electrons. The third-order valence-electron chi connectivity index (χ3n) is 3.93. The van der Waals surface area contributed by atoms with Gasteiger partial charge in [0.1, 0.15) is 5.75 Å². The molecule has 2 nitrogen and oxygen atoms in total. The summed E-state index contributed by atoms with van der Waals surface area (Å²) in [6, 6.07) is 12.5. The van der Waals surface area contributed by atoms with E-state index in [-0.39, 0.29) is 6.04 Å². The lowest BCUT2D eigenvalue weighted by atomic mass is 9.96. The van der Waals surface area contributed by atoms with Crippen LogP contribution < -0.4 is 10.1 Å². The molecule has 0 amide bonds. The summed E-state index contributed by atoms with van der Waals surface area (Å²) in [4.78, 5) is 0. The van der Waals surface area contributed by atoms with Gasteiger partial charge in [0.25, 0.3) is 0 Å². The highest BCUT2D eigenvalue weighted by Crippen LogP contribution is 2.30. The molecule has 0 saturated carbocycles. The normalized spacial score (nSPS) is 12.2. The number of hydrogen-bond acceptors (Lipinski definition) is 2. The highest BCUT2D eigenvalue weighted by atomic mass is 35.5. The maximum Gasteiger partial charge on any atom is 0.123 e. The zero-order chi connectivity index (χ0) is 15.4. The Balaban J connectivity index is 2.31. The van der Waals surface area contributed by atoms with Crippen LogP contribution >= 0.6 is 11.6 Å². The molecule has 0 saturated heterocycles. The van der Waals surface area contributed by atoms with Gasteiger partial charge >= 0.3 is 0 Å². The Morgan fingerprint density at radius 1 is 1.10 bits per heavy atom. The van der Waals surface area contributed by atoms with Gasteiger partial charge < -0.3 is 10.1 Å². The van der Waals surface area contributed by atoms with Crippen LogP contribution in [0.1, 0.15) is 28.3 Å². The van der Waals surface area contributed by atoms with Crippen molar-refractivity contribution in [1.29, 1.82) is 0 Å². The Hall–Kier alpha value is -1.51. The van der Waals surface area contributed by atoms with Crippen molar-refractivity contribution in [3.05, 3.63) is 63.7 Å². The minimum absolute atomic E-state index is 0.167. The summed E-state index contributed by atoms with van der Waals surface area (Å²) in [5.41, 5.74) is 5.03. The average Bonchev–Trinajstić information content (AvgIpc) is 2.48. The van der Waals surface area contributed by atoms with Crippen LogP contribution in [0.25, 0.3) is 0 Å². The number of nitrogens with one attached hydrogen (secondary N) is 1. The summed E-state index contributed by atoms with van der Waals surface area (Å²) in [7, 11) is 3.65. The van der Waals surface area contributed by atoms with Crippen molar-refractivity contribution in [1.82, 2.24) is 5.32 Å². The Morgan fingerprint density at radius 3 is 2.48 bits per heavy atom. The van der Waals surface area contributed by atoms with E-state index in [0.717, 1.165) is 22.8 Å². The van der Waals surface area contributed by atoms with Crippen molar-refractivity contribution in [2.75, 3.05) is 14.2 Å². The highest BCUT2D eigenvalue weighted by Gasteiger charge is 2.16. The zero-order valence-electron chi connectivity index (χ0n) is 13.0. The van der Waals surface area contributed by atoms with Gasteiger partial charge in [0, 0.05) is 16.6 Å². The second-order valence-corrected chi connectivity index (χ2v) is 5.79. The Labute approximate surface area is 132 Å². The third-order valence-corrected chi connectivity index (χ3v) is 4.16. The Bertz CT molecular complexity index is 625. The van der Waals surface area contributed by atoms with E-state index in [0.29, 0.717) is 0 Å². The molecule has 1 unspecified atom stereocenters. The lowest BCUT2D eigenvalue weighted by Gasteiger charge is -2.20. The summed E-state index contributed by atoms with van der Waals surface area (Å²) in [6.45, 7) is 4.28. The SMILES string of the molecule is CNC(Cc1ccc(C)c(C)c1)c1cc(Cl)ccc1OC. The molecule has 0 spiro atoms. The molecule has 0 aliphatic heterocycles. The third kappa shape index (κ3) is 3.78. The maximum atomic E-state index is 6.14. The predicted octanol–water partition coefficient (Wildman–Crippen LogP) is 4.47. The van der Waals surface area contributed by atoms with Crippen LogP contribution in [0.4, 0.5) is 0 Å². The fourth-order valence-electron chi connectivity index (χ4n) is 2.51. The molecule has 0 aliphatic rings. The largest absolute Gasteiger partial charge is 0.496 e. The first-order chi connectivity index (χ1) is 10.0. The van der Waals surface area contributed by atoms with Crippen LogP contribution in [0.3, 0.4) is 0 Å². The van der Waals surface area contributed by atoms with Gasteiger partial charge in [-0.2, -0.15) is 0 Å². The van der Waals surface area contributed by atoms with Crippen LogP contribution in [-0.4, -0.2) is 14.2 Å². The molecular formula is C18H22ClNO. The number of benzene rings is 2.